The normalized spacial score (nSPS) is 12.1. The summed E-state index contributed by atoms with van der Waals surface area (Å²) in [6.07, 6.45) is 1.49. The molecule has 0 saturated carbocycles. The predicted octanol–water partition coefficient (Wildman–Crippen LogP) is 1.46. The molecule has 1 aromatic carbocycles. The second-order valence-electron chi connectivity index (χ2n) is 3.40. The van der Waals surface area contributed by atoms with Crippen LogP contribution >= 0.6 is 0 Å². The van der Waals surface area contributed by atoms with Gasteiger partial charge in [0.25, 0.3) is 0 Å². The van der Waals surface area contributed by atoms with Crippen LogP contribution in [0.5, 0.6) is 5.75 Å². The van der Waals surface area contributed by atoms with Gasteiger partial charge in [-0.1, -0.05) is 25.5 Å². The lowest BCUT2D eigenvalue weighted by molar-refractivity contribution is -0.117. The third-order valence-electron chi connectivity index (χ3n) is 2.10. The van der Waals surface area contributed by atoms with Crippen molar-refractivity contribution in [1.82, 2.24) is 0 Å². The standard InChI is InChI=1S/C11H16N2O2/c1-2-5-8(12)11(15)13-9-6-3-4-7-10(9)14/h3-4,6-8,14H,2,5,12H2,1H3,(H,13,15). The third-order valence-corrected chi connectivity index (χ3v) is 2.10. The number of carbonyl (C=O) groups excluding carboxylic acids is 1. The first-order valence-corrected chi connectivity index (χ1v) is 4.99. The maximum absolute atomic E-state index is 11.5. The van der Waals surface area contributed by atoms with Crippen LogP contribution in [0.25, 0.3) is 0 Å². The first kappa shape index (κ1) is 11.5. The molecule has 1 unspecified atom stereocenters. The summed E-state index contributed by atoms with van der Waals surface area (Å²) < 4.78 is 0. The number of hydrogen-bond donors (Lipinski definition) is 3. The van der Waals surface area contributed by atoms with Crippen LogP contribution in [0.15, 0.2) is 24.3 Å². The average molecular weight is 208 g/mol. The molecule has 4 heteroatoms. The molecule has 4 nitrogen and oxygen atoms in total. The van der Waals surface area contributed by atoms with Crippen LogP contribution in [0.2, 0.25) is 0 Å². The van der Waals surface area contributed by atoms with E-state index in [4.69, 9.17) is 5.73 Å². The monoisotopic (exact) mass is 208 g/mol. The van der Waals surface area contributed by atoms with E-state index in [0.29, 0.717) is 12.1 Å². The van der Waals surface area contributed by atoms with Crippen LogP contribution in [0, 0.1) is 0 Å². The van der Waals surface area contributed by atoms with Gasteiger partial charge in [-0.15, -0.1) is 0 Å². The predicted molar refractivity (Wildman–Crippen MR) is 59.6 cm³/mol. The Kier molecular flexibility index (Phi) is 4.12. The minimum Gasteiger partial charge on any atom is -0.506 e. The maximum Gasteiger partial charge on any atom is 0.241 e. The SMILES string of the molecule is CCCC(N)C(=O)Nc1ccccc1O. The van der Waals surface area contributed by atoms with Gasteiger partial charge in [0.2, 0.25) is 5.91 Å². The fourth-order valence-electron chi connectivity index (χ4n) is 1.25. The van der Waals surface area contributed by atoms with Crippen LogP contribution in [-0.4, -0.2) is 17.1 Å². The van der Waals surface area contributed by atoms with E-state index in [1.807, 2.05) is 6.92 Å². The van der Waals surface area contributed by atoms with Gasteiger partial charge in [-0.05, 0) is 18.6 Å². The number of para-hydroxylation sites is 2. The summed E-state index contributed by atoms with van der Waals surface area (Å²) >= 11 is 0. The van der Waals surface area contributed by atoms with Gasteiger partial charge in [0, 0.05) is 0 Å². The Morgan fingerprint density at radius 1 is 1.53 bits per heavy atom. The highest BCUT2D eigenvalue weighted by Gasteiger charge is 2.13. The highest BCUT2D eigenvalue weighted by Crippen LogP contribution is 2.21. The summed E-state index contributed by atoms with van der Waals surface area (Å²) in [5.41, 5.74) is 6.03. The topological polar surface area (TPSA) is 75.4 Å². The average Bonchev–Trinajstić information content (AvgIpc) is 2.21. The minimum atomic E-state index is -0.519. The van der Waals surface area contributed by atoms with Gasteiger partial charge in [-0.2, -0.15) is 0 Å². The lowest BCUT2D eigenvalue weighted by Crippen LogP contribution is -2.35. The number of aromatic hydroxyl groups is 1. The van der Waals surface area contributed by atoms with Gasteiger partial charge >= 0.3 is 0 Å². The maximum atomic E-state index is 11.5. The Morgan fingerprint density at radius 3 is 2.80 bits per heavy atom. The van der Waals surface area contributed by atoms with Crippen molar-refractivity contribution >= 4 is 11.6 Å². The molecule has 0 bridgehead atoms. The van der Waals surface area contributed by atoms with E-state index < -0.39 is 6.04 Å². The van der Waals surface area contributed by atoms with Gasteiger partial charge in [0.05, 0.1) is 11.7 Å². The Bertz CT molecular complexity index is 339. The van der Waals surface area contributed by atoms with E-state index in [1.54, 1.807) is 18.2 Å². The van der Waals surface area contributed by atoms with E-state index in [-0.39, 0.29) is 11.7 Å². The van der Waals surface area contributed by atoms with Crippen LogP contribution in [-0.2, 0) is 4.79 Å². The van der Waals surface area contributed by atoms with Crippen molar-refractivity contribution in [2.45, 2.75) is 25.8 Å². The van der Waals surface area contributed by atoms with Gasteiger partial charge in [-0.25, -0.2) is 0 Å². The highest BCUT2D eigenvalue weighted by molar-refractivity contribution is 5.95. The number of carbonyl (C=O) groups is 1. The molecular weight excluding hydrogens is 192 g/mol. The number of hydrogen-bond acceptors (Lipinski definition) is 3. The van der Waals surface area contributed by atoms with Crippen molar-refractivity contribution in [3.8, 4) is 5.75 Å². The molecule has 0 radical (unpaired) electrons. The quantitative estimate of drug-likeness (QED) is 0.656. The van der Waals surface area contributed by atoms with Crippen molar-refractivity contribution < 1.29 is 9.90 Å². The van der Waals surface area contributed by atoms with Gasteiger partial charge < -0.3 is 16.2 Å². The molecule has 15 heavy (non-hydrogen) atoms. The van der Waals surface area contributed by atoms with Crippen LogP contribution in [0.1, 0.15) is 19.8 Å². The number of phenolic OH excluding ortho intramolecular Hbond substituents is 1. The molecule has 4 N–H and O–H groups in total. The molecular formula is C11H16N2O2. The van der Waals surface area contributed by atoms with Crippen molar-refractivity contribution in [2.75, 3.05) is 5.32 Å². The number of phenols is 1. The second-order valence-corrected chi connectivity index (χ2v) is 3.40. The fourth-order valence-corrected chi connectivity index (χ4v) is 1.25. The largest absolute Gasteiger partial charge is 0.506 e. The van der Waals surface area contributed by atoms with Crippen molar-refractivity contribution in [1.29, 1.82) is 0 Å². The number of nitrogens with two attached hydrogens (primary N) is 1. The molecule has 0 spiro atoms. The number of rotatable bonds is 4. The van der Waals surface area contributed by atoms with E-state index in [0.717, 1.165) is 6.42 Å². The number of nitrogens with one attached hydrogen (secondary N) is 1. The summed E-state index contributed by atoms with van der Waals surface area (Å²) in [5.74, 6) is -0.215. The summed E-state index contributed by atoms with van der Waals surface area (Å²) in [6, 6.07) is 6.06. The smallest absolute Gasteiger partial charge is 0.241 e. The second kappa shape index (κ2) is 5.36. The zero-order valence-electron chi connectivity index (χ0n) is 8.73. The molecule has 82 valence electrons. The Morgan fingerprint density at radius 2 is 2.20 bits per heavy atom. The summed E-state index contributed by atoms with van der Waals surface area (Å²) in [5, 5.41) is 12.0. The Hall–Kier alpha value is -1.55. The van der Waals surface area contributed by atoms with Crippen molar-refractivity contribution in [3.05, 3.63) is 24.3 Å². The van der Waals surface area contributed by atoms with Gasteiger partial charge in [0.1, 0.15) is 5.75 Å². The zero-order valence-corrected chi connectivity index (χ0v) is 8.73. The lowest BCUT2D eigenvalue weighted by Gasteiger charge is -2.11. The first-order valence-electron chi connectivity index (χ1n) is 4.99. The van der Waals surface area contributed by atoms with E-state index in [2.05, 4.69) is 5.32 Å². The molecule has 0 aliphatic heterocycles. The van der Waals surface area contributed by atoms with Gasteiger partial charge in [0.15, 0.2) is 0 Å². The highest BCUT2D eigenvalue weighted by atomic mass is 16.3. The van der Waals surface area contributed by atoms with E-state index in [9.17, 15) is 9.90 Å². The summed E-state index contributed by atoms with van der Waals surface area (Å²) in [4.78, 5) is 11.5. The Labute approximate surface area is 89.1 Å². The summed E-state index contributed by atoms with van der Waals surface area (Å²) in [7, 11) is 0. The molecule has 0 aliphatic carbocycles. The number of anilines is 1. The molecule has 1 rings (SSSR count). The van der Waals surface area contributed by atoms with E-state index >= 15 is 0 Å². The van der Waals surface area contributed by atoms with Crippen LogP contribution in [0.4, 0.5) is 5.69 Å². The van der Waals surface area contributed by atoms with Crippen LogP contribution < -0.4 is 11.1 Å². The molecule has 1 atom stereocenters. The lowest BCUT2D eigenvalue weighted by atomic mass is 10.1. The third kappa shape index (κ3) is 3.25. The molecule has 0 heterocycles. The zero-order chi connectivity index (χ0) is 11.3. The first-order chi connectivity index (χ1) is 7.15. The van der Waals surface area contributed by atoms with Crippen molar-refractivity contribution in [2.24, 2.45) is 5.73 Å². The van der Waals surface area contributed by atoms with E-state index in [1.165, 1.54) is 6.07 Å². The fraction of sp³-hybridized carbons (Fsp3) is 0.364. The van der Waals surface area contributed by atoms with Crippen LogP contribution in [0.3, 0.4) is 0 Å². The summed E-state index contributed by atoms with van der Waals surface area (Å²) in [6.45, 7) is 1.97. The minimum absolute atomic E-state index is 0.0505. The molecule has 0 aromatic heterocycles. The van der Waals surface area contributed by atoms with Gasteiger partial charge in [-0.3, -0.25) is 4.79 Å². The number of amides is 1. The number of benzene rings is 1. The molecule has 0 aliphatic rings. The Balaban J connectivity index is 2.62. The molecule has 1 aromatic rings. The molecule has 0 fully saturated rings. The van der Waals surface area contributed by atoms with Crippen molar-refractivity contribution in [3.63, 3.8) is 0 Å². The molecule has 1 amide bonds. The molecule has 0 saturated heterocycles.